The smallest absolute Gasteiger partial charge is 0.349 e. The highest BCUT2D eigenvalue weighted by atomic mass is 16.4. The number of carbonyl (C=O) groups is 1. The van der Waals surface area contributed by atoms with Crippen molar-refractivity contribution in [3.63, 3.8) is 0 Å². The average Bonchev–Trinajstić information content (AvgIpc) is 3.08. The Bertz CT molecular complexity index is 1020. The number of oxazole rings is 1. The lowest BCUT2D eigenvalue weighted by Crippen LogP contribution is -2.29. The summed E-state index contributed by atoms with van der Waals surface area (Å²) in [4.78, 5) is 29.1. The number of carbonyl (C=O) groups excluding carboxylic acids is 1. The summed E-state index contributed by atoms with van der Waals surface area (Å²) in [6.45, 7) is 1.93. The highest BCUT2D eigenvalue weighted by Crippen LogP contribution is 2.36. The van der Waals surface area contributed by atoms with Crippen LogP contribution in [-0.4, -0.2) is 10.9 Å². The maximum Gasteiger partial charge on any atom is 0.349 e. The molecular weight excluding hydrogens is 344 g/mol. The Hall–Kier alpha value is -3.15. The third kappa shape index (κ3) is 3.56. The summed E-state index contributed by atoms with van der Waals surface area (Å²) in [6, 6.07) is 11.3. The fourth-order valence-corrected chi connectivity index (χ4v) is 3.16. The quantitative estimate of drug-likeness (QED) is 0.744. The van der Waals surface area contributed by atoms with E-state index in [2.05, 4.69) is 10.3 Å². The number of nitrogens with zero attached hydrogens (tertiary/aromatic N) is 1. The fraction of sp³-hybridized carbons (Fsp3) is 0.286. The van der Waals surface area contributed by atoms with Gasteiger partial charge in [0.15, 0.2) is 0 Å². The number of amides is 1. The van der Waals surface area contributed by atoms with Crippen molar-refractivity contribution in [2.24, 2.45) is 0 Å². The lowest BCUT2D eigenvalue weighted by molar-refractivity contribution is 0.0945. The number of nitrogens with one attached hydrogen (secondary N) is 1. The first kappa shape index (κ1) is 17.3. The number of rotatable bonds is 5. The van der Waals surface area contributed by atoms with Crippen LogP contribution in [0.25, 0.3) is 11.5 Å². The van der Waals surface area contributed by atoms with Crippen molar-refractivity contribution in [3.05, 3.63) is 75.7 Å². The van der Waals surface area contributed by atoms with Crippen molar-refractivity contribution in [1.29, 1.82) is 0 Å². The molecule has 1 amide bonds. The first-order valence-corrected chi connectivity index (χ1v) is 9.04. The van der Waals surface area contributed by atoms with Crippen molar-refractivity contribution in [1.82, 2.24) is 10.3 Å². The second kappa shape index (κ2) is 7.23. The maximum atomic E-state index is 12.5. The molecule has 3 aromatic rings. The topological polar surface area (TPSA) is 85.3 Å². The lowest BCUT2D eigenvalue weighted by atomic mass is 9.83. The Morgan fingerprint density at radius 1 is 1.26 bits per heavy atom. The molecule has 4 rings (SSSR count). The Morgan fingerprint density at radius 2 is 2.04 bits per heavy atom. The van der Waals surface area contributed by atoms with E-state index in [4.69, 9.17) is 8.83 Å². The molecule has 0 aliphatic heterocycles. The van der Waals surface area contributed by atoms with E-state index in [0.29, 0.717) is 28.8 Å². The van der Waals surface area contributed by atoms with E-state index in [1.807, 2.05) is 36.4 Å². The molecule has 1 fully saturated rings. The third-order valence-electron chi connectivity index (χ3n) is 4.90. The number of aryl methyl sites for hydroxylation is 1. The van der Waals surface area contributed by atoms with E-state index in [0.717, 1.165) is 24.8 Å². The summed E-state index contributed by atoms with van der Waals surface area (Å²) in [7, 11) is 0. The molecule has 27 heavy (non-hydrogen) atoms. The second-order valence-electron chi connectivity index (χ2n) is 6.81. The summed E-state index contributed by atoms with van der Waals surface area (Å²) in [5.41, 5.74) is 1.54. The van der Waals surface area contributed by atoms with Gasteiger partial charge in [0.25, 0.3) is 5.91 Å². The van der Waals surface area contributed by atoms with Crippen molar-refractivity contribution < 1.29 is 13.6 Å². The van der Waals surface area contributed by atoms with E-state index in [9.17, 15) is 9.59 Å². The van der Waals surface area contributed by atoms with Gasteiger partial charge in [0.05, 0.1) is 12.2 Å². The molecule has 0 unspecified atom stereocenters. The molecule has 0 radical (unpaired) electrons. The van der Waals surface area contributed by atoms with Gasteiger partial charge in [-0.2, -0.15) is 0 Å². The van der Waals surface area contributed by atoms with Gasteiger partial charge in [-0.25, -0.2) is 9.78 Å². The Labute approximate surface area is 156 Å². The predicted octanol–water partition coefficient (Wildman–Crippen LogP) is 3.80. The summed E-state index contributed by atoms with van der Waals surface area (Å²) >= 11 is 0. The first-order valence-electron chi connectivity index (χ1n) is 9.04. The number of hydrogen-bond acceptors (Lipinski definition) is 5. The predicted molar refractivity (Wildman–Crippen MR) is 99.4 cm³/mol. The number of hydrogen-bond donors (Lipinski definition) is 1. The molecule has 6 nitrogen and oxygen atoms in total. The third-order valence-corrected chi connectivity index (χ3v) is 4.90. The molecule has 138 valence electrons. The van der Waals surface area contributed by atoms with Crippen LogP contribution in [0.1, 0.15) is 52.6 Å². The largest absolute Gasteiger partial charge is 0.444 e. The zero-order valence-electron chi connectivity index (χ0n) is 15.0. The summed E-state index contributed by atoms with van der Waals surface area (Å²) < 4.78 is 10.8. The van der Waals surface area contributed by atoms with E-state index < -0.39 is 11.5 Å². The second-order valence-corrected chi connectivity index (χ2v) is 6.81. The fourth-order valence-electron chi connectivity index (χ4n) is 3.16. The average molecular weight is 364 g/mol. The highest BCUT2D eigenvalue weighted by molar-refractivity contribution is 5.95. The van der Waals surface area contributed by atoms with Gasteiger partial charge >= 0.3 is 5.63 Å². The Balaban J connectivity index is 1.45. The zero-order valence-corrected chi connectivity index (χ0v) is 15.0. The minimum Gasteiger partial charge on any atom is -0.444 e. The molecular formula is C21H20N2O4. The minimum atomic E-state index is -0.584. The summed E-state index contributed by atoms with van der Waals surface area (Å²) in [6.07, 6.45) is 4.71. The standard InChI is InChI=1S/C21H20N2O4/c1-13-10-17(14-8-5-9-14)27-21(25)18(13)19(24)22-11-16-12-26-20(23-16)15-6-3-2-4-7-15/h2-4,6-7,10,12,14H,5,8-9,11H2,1H3,(H,22,24). The summed E-state index contributed by atoms with van der Waals surface area (Å²) in [5.74, 6) is 1.01. The highest BCUT2D eigenvalue weighted by Gasteiger charge is 2.25. The molecule has 0 atom stereocenters. The van der Waals surface area contributed by atoms with E-state index in [1.165, 1.54) is 6.26 Å². The molecule has 1 N–H and O–H groups in total. The Kier molecular flexibility index (Phi) is 4.62. The number of aromatic nitrogens is 1. The molecule has 1 aromatic carbocycles. The summed E-state index contributed by atoms with van der Waals surface area (Å²) in [5, 5.41) is 2.72. The van der Waals surface area contributed by atoms with Crippen LogP contribution in [0.4, 0.5) is 0 Å². The van der Waals surface area contributed by atoms with Crippen molar-refractivity contribution in [2.75, 3.05) is 0 Å². The van der Waals surface area contributed by atoms with Gasteiger partial charge in [0.2, 0.25) is 5.89 Å². The van der Waals surface area contributed by atoms with Crippen LogP contribution in [0.2, 0.25) is 0 Å². The van der Waals surface area contributed by atoms with E-state index in [1.54, 1.807) is 6.92 Å². The molecule has 2 aromatic heterocycles. The van der Waals surface area contributed by atoms with E-state index >= 15 is 0 Å². The molecule has 1 saturated carbocycles. The molecule has 2 heterocycles. The van der Waals surface area contributed by atoms with Crippen LogP contribution >= 0.6 is 0 Å². The van der Waals surface area contributed by atoms with Gasteiger partial charge in [0, 0.05) is 11.5 Å². The van der Waals surface area contributed by atoms with Crippen molar-refractivity contribution in [2.45, 2.75) is 38.6 Å². The van der Waals surface area contributed by atoms with Crippen molar-refractivity contribution in [3.8, 4) is 11.5 Å². The molecule has 0 bridgehead atoms. The Morgan fingerprint density at radius 3 is 2.70 bits per heavy atom. The molecule has 0 spiro atoms. The molecule has 6 heteroatoms. The van der Waals surface area contributed by atoms with E-state index in [-0.39, 0.29) is 12.1 Å². The van der Waals surface area contributed by atoms with Crippen molar-refractivity contribution >= 4 is 5.91 Å². The molecule has 1 aliphatic carbocycles. The number of benzene rings is 1. The lowest BCUT2D eigenvalue weighted by Gasteiger charge is -2.24. The van der Waals surface area contributed by atoms with Gasteiger partial charge in [-0.3, -0.25) is 4.79 Å². The van der Waals surface area contributed by atoms with Crippen LogP contribution in [0.15, 0.2) is 56.3 Å². The van der Waals surface area contributed by atoms with Crippen LogP contribution in [0.3, 0.4) is 0 Å². The van der Waals surface area contributed by atoms with Crippen LogP contribution < -0.4 is 10.9 Å². The molecule has 1 aliphatic rings. The van der Waals surface area contributed by atoms with Crippen LogP contribution in [0, 0.1) is 6.92 Å². The first-order chi connectivity index (χ1) is 13.1. The van der Waals surface area contributed by atoms with Gasteiger partial charge in [-0.1, -0.05) is 24.6 Å². The SMILES string of the molecule is Cc1cc(C2CCC2)oc(=O)c1C(=O)NCc1coc(-c2ccccc2)n1. The minimum absolute atomic E-state index is 0.0462. The van der Waals surface area contributed by atoms with Gasteiger partial charge in [0.1, 0.15) is 17.6 Å². The normalized spacial score (nSPS) is 14.0. The van der Waals surface area contributed by atoms with Gasteiger partial charge < -0.3 is 14.2 Å². The van der Waals surface area contributed by atoms with Crippen LogP contribution in [-0.2, 0) is 6.54 Å². The maximum absolute atomic E-state index is 12.5. The zero-order chi connectivity index (χ0) is 18.8. The molecule has 0 saturated heterocycles. The van der Waals surface area contributed by atoms with Crippen LogP contribution in [0.5, 0.6) is 0 Å². The monoisotopic (exact) mass is 364 g/mol. The van der Waals surface area contributed by atoms with Gasteiger partial charge in [-0.15, -0.1) is 0 Å². The van der Waals surface area contributed by atoms with Gasteiger partial charge in [-0.05, 0) is 43.5 Å².